The molecule has 2 aromatic rings. The Morgan fingerprint density at radius 3 is 2.63 bits per heavy atom. The van der Waals surface area contributed by atoms with E-state index < -0.39 is 10.7 Å². The maximum atomic E-state index is 13.0. The first-order valence-corrected chi connectivity index (χ1v) is 5.50. The predicted molar refractivity (Wildman–Crippen MR) is 69.1 cm³/mol. The van der Waals surface area contributed by atoms with Gasteiger partial charge in [-0.05, 0) is 24.3 Å². The Hall–Kier alpha value is -2.63. The normalized spacial score (nSPS) is 10.0. The number of hydrogen-bond donors (Lipinski definition) is 1. The summed E-state index contributed by atoms with van der Waals surface area (Å²) in [5.74, 6) is -0.205. The van der Waals surface area contributed by atoms with Gasteiger partial charge in [-0.1, -0.05) is 12.1 Å². The molecule has 0 amide bonds. The minimum Gasteiger partial charge on any atom is -0.450 e. The van der Waals surface area contributed by atoms with Gasteiger partial charge in [0.25, 0.3) is 0 Å². The number of anilines is 1. The zero-order valence-electron chi connectivity index (χ0n) is 10.1. The van der Waals surface area contributed by atoms with Gasteiger partial charge in [0, 0.05) is 13.1 Å². The molecule has 1 N–H and O–H groups in total. The average molecular weight is 262 g/mol. The fourth-order valence-corrected chi connectivity index (χ4v) is 1.65. The predicted octanol–water partition coefficient (Wildman–Crippen LogP) is 3.57. The van der Waals surface area contributed by atoms with Crippen molar-refractivity contribution in [1.82, 2.24) is 0 Å². The van der Waals surface area contributed by atoms with E-state index in [9.17, 15) is 14.5 Å². The third-order valence-corrected chi connectivity index (χ3v) is 2.47. The van der Waals surface area contributed by atoms with Gasteiger partial charge in [0.2, 0.25) is 5.75 Å². The highest BCUT2D eigenvalue weighted by molar-refractivity contribution is 5.68. The zero-order valence-corrected chi connectivity index (χ0v) is 10.1. The standard InChI is InChI=1S/C13H11FN2O3/c1-15-11-6-3-7-12(13(11)16(17)18)19-10-5-2-4-9(14)8-10/h2-8,15H,1H3. The number of nitrogens with zero attached hydrogens (tertiary/aromatic N) is 1. The number of hydrogen-bond acceptors (Lipinski definition) is 4. The molecule has 0 aromatic heterocycles. The molecule has 5 nitrogen and oxygen atoms in total. The van der Waals surface area contributed by atoms with Crippen molar-refractivity contribution >= 4 is 11.4 Å². The smallest absolute Gasteiger partial charge is 0.334 e. The SMILES string of the molecule is CNc1cccc(Oc2cccc(F)c2)c1[N+](=O)[O-]. The van der Waals surface area contributed by atoms with Crippen molar-refractivity contribution in [1.29, 1.82) is 0 Å². The Morgan fingerprint density at radius 2 is 2.00 bits per heavy atom. The second kappa shape index (κ2) is 5.34. The Bertz CT molecular complexity index is 617. The Kier molecular flexibility index (Phi) is 3.61. The zero-order chi connectivity index (χ0) is 13.8. The molecule has 0 aliphatic carbocycles. The second-order valence-electron chi connectivity index (χ2n) is 3.72. The second-order valence-corrected chi connectivity index (χ2v) is 3.72. The van der Waals surface area contributed by atoms with Crippen LogP contribution in [0.1, 0.15) is 0 Å². The van der Waals surface area contributed by atoms with Crippen molar-refractivity contribution in [2.75, 3.05) is 12.4 Å². The highest BCUT2D eigenvalue weighted by atomic mass is 19.1. The molecule has 0 fully saturated rings. The Morgan fingerprint density at radius 1 is 1.26 bits per heavy atom. The van der Waals surface area contributed by atoms with Crippen LogP contribution in [0.5, 0.6) is 11.5 Å². The summed E-state index contributed by atoms with van der Waals surface area (Å²) in [6.07, 6.45) is 0. The minimum atomic E-state index is -0.541. The van der Waals surface area contributed by atoms with Crippen LogP contribution in [0.3, 0.4) is 0 Å². The molecule has 19 heavy (non-hydrogen) atoms. The van der Waals surface area contributed by atoms with Crippen molar-refractivity contribution in [2.24, 2.45) is 0 Å². The minimum absolute atomic E-state index is 0.0578. The first-order valence-electron chi connectivity index (χ1n) is 5.50. The third kappa shape index (κ3) is 2.79. The van der Waals surface area contributed by atoms with E-state index in [2.05, 4.69) is 5.32 Å². The van der Waals surface area contributed by atoms with E-state index in [0.29, 0.717) is 5.69 Å². The van der Waals surface area contributed by atoms with Crippen LogP contribution in [0.25, 0.3) is 0 Å². The van der Waals surface area contributed by atoms with Crippen LogP contribution in [0.2, 0.25) is 0 Å². The van der Waals surface area contributed by atoms with Gasteiger partial charge in [-0.2, -0.15) is 0 Å². The average Bonchev–Trinajstić information content (AvgIpc) is 2.38. The summed E-state index contributed by atoms with van der Waals surface area (Å²) >= 11 is 0. The summed E-state index contributed by atoms with van der Waals surface area (Å²) < 4.78 is 18.4. The molecule has 6 heteroatoms. The van der Waals surface area contributed by atoms with Crippen molar-refractivity contribution in [2.45, 2.75) is 0 Å². The summed E-state index contributed by atoms with van der Waals surface area (Å²) in [6.45, 7) is 0. The molecule has 2 aromatic carbocycles. The summed E-state index contributed by atoms with van der Waals surface area (Å²) in [7, 11) is 1.58. The molecule has 0 aliphatic rings. The quantitative estimate of drug-likeness (QED) is 0.675. The van der Waals surface area contributed by atoms with Gasteiger partial charge < -0.3 is 10.1 Å². The van der Waals surface area contributed by atoms with E-state index in [4.69, 9.17) is 4.74 Å². The van der Waals surface area contributed by atoms with Crippen LogP contribution in [0, 0.1) is 15.9 Å². The molecule has 0 saturated heterocycles. The van der Waals surface area contributed by atoms with Crippen LogP contribution in [-0.2, 0) is 0 Å². The molecule has 98 valence electrons. The first kappa shape index (κ1) is 12.8. The van der Waals surface area contributed by atoms with E-state index in [1.54, 1.807) is 19.2 Å². The summed E-state index contributed by atoms with van der Waals surface area (Å²) in [5.41, 5.74) is 0.146. The van der Waals surface area contributed by atoms with Gasteiger partial charge in [0.05, 0.1) is 4.92 Å². The highest BCUT2D eigenvalue weighted by Gasteiger charge is 2.20. The largest absolute Gasteiger partial charge is 0.450 e. The maximum absolute atomic E-state index is 13.0. The van der Waals surface area contributed by atoms with Crippen molar-refractivity contribution in [3.63, 3.8) is 0 Å². The van der Waals surface area contributed by atoms with E-state index in [-0.39, 0.29) is 17.2 Å². The van der Waals surface area contributed by atoms with Crippen molar-refractivity contribution < 1.29 is 14.1 Å². The van der Waals surface area contributed by atoms with Gasteiger partial charge in [-0.15, -0.1) is 0 Å². The van der Waals surface area contributed by atoms with Crippen LogP contribution in [0.4, 0.5) is 15.8 Å². The van der Waals surface area contributed by atoms with Gasteiger partial charge in [0.1, 0.15) is 17.3 Å². The van der Waals surface area contributed by atoms with Gasteiger partial charge in [-0.3, -0.25) is 10.1 Å². The molecular formula is C13H11FN2O3. The first-order chi connectivity index (χ1) is 9.11. The van der Waals surface area contributed by atoms with Crippen LogP contribution in [-0.4, -0.2) is 12.0 Å². The van der Waals surface area contributed by atoms with Crippen LogP contribution >= 0.6 is 0 Å². The van der Waals surface area contributed by atoms with E-state index in [1.165, 1.54) is 24.3 Å². The Balaban J connectivity index is 2.42. The molecule has 0 radical (unpaired) electrons. The number of benzene rings is 2. The Labute approximate surface area is 108 Å². The number of halogens is 1. The summed E-state index contributed by atoms with van der Waals surface area (Å²) in [6, 6.07) is 10.1. The van der Waals surface area contributed by atoms with Gasteiger partial charge >= 0.3 is 5.69 Å². The van der Waals surface area contributed by atoms with E-state index in [1.807, 2.05) is 0 Å². The van der Waals surface area contributed by atoms with Crippen molar-refractivity contribution in [3.05, 3.63) is 58.4 Å². The fourth-order valence-electron chi connectivity index (χ4n) is 1.65. The number of nitrogens with one attached hydrogen (secondary N) is 1. The number of ether oxygens (including phenoxy) is 1. The molecule has 0 atom stereocenters. The summed E-state index contributed by atoms with van der Waals surface area (Å²) in [5, 5.41) is 13.8. The van der Waals surface area contributed by atoms with Crippen LogP contribution < -0.4 is 10.1 Å². The fraction of sp³-hybridized carbons (Fsp3) is 0.0769. The molecule has 0 spiro atoms. The lowest BCUT2D eigenvalue weighted by Crippen LogP contribution is -1.99. The number of nitro benzene ring substituents is 1. The highest BCUT2D eigenvalue weighted by Crippen LogP contribution is 2.37. The molecule has 0 bridgehead atoms. The molecule has 2 rings (SSSR count). The van der Waals surface area contributed by atoms with E-state index >= 15 is 0 Å². The lowest BCUT2D eigenvalue weighted by molar-refractivity contribution is -0.384. The molecule has 0 aliphatic heterocycles. The lowest BCUT2D eigenvalue weighted by atomic mass is 10.2. The van der Waals surface area contributed by atoms with E-state index in [0.717, 1.165) is 6.07 Å². The summed E-state index contributed by atoms with van der Waals surface area (Å²) in [4.78, 5) is 10.5. The molecule has 0 heterocycles. The molecule has 0 saturated carbocycles. The molecule has 0 unspecified atom stereocenters. The van der Waals surface area contributed by atoms with Gasteiger partial charge in [-0.25, -0.2) is 4.39 Å². The third-order valence-electron chi connectivity index (χ3n) is 2.47. The van der Waals surface area contributed by atoms with Gasteiger partial charge in [0.15, 0.2) is 0 Å². The van der Waals surface area contributed by atoms with Crippen LogP contribution in [0.15, 0.2) is 42.5 Å². The lowest BCUT2D eigenvalue weighted by Gasteiger charge is -2.09. The van der Waals surface area contributed by atoms with Crippen molar-refractivity contribution in [3.8, 4) is 11.5 Å². The molecular weight excluding hydrogens is 251 g/mol. The number of rotatable bonds is 4. The number of nitro groups is 1. The number of para-hydroxylation sites is 1. The topological polar surface area (TPSA) is 64.4 Å². The maximum Gasteiger partial charge on any atom is 0.334 e. The monoisotopic (exact) mass is 262 g/mol.